The highest BCUT2D eigenvalue weighted by atomic mass is 35.5. The first-order chi connectivity index (χ1) is 9.59. The van der Waals surface area contributed by atoms with E-state index in [1.54, 1.807) is 0 Å². The summed E-state index contributed by atoms with van der Waals surface area (Å²) in [6, 6.07) is 0. The van der Waals surface area contributed by atoms with Crippen molar-refractivity contribution < 1.29 is 5.11 Å². The van der Waals surface area contributed by atoms with Crippen LogP contribution in [0.1, 0.15) is 46.5 Å². The Kier molecular flexibility index (Phi) is 6.80. The smallest absolute Gasteiger partial charge is 0.0592 e. The van der Waals surface area contributed by atoms with Gasteiger partial charge in [-0.05, 0) is 71.0 Å². The number of nitrogens with zero attached hydrogens (tertiary/aromatic N) is 1. The zero-order chi connectivity index (χ0) is 16.3. The van der Waals surface area contributed by atoms with Crippen molar-refractivity contribution in [3.8, 4) is 0 Å². The topological polar surface area (TPSA) is 23.5 Å². The molecule has 0 heterocycles. The summed E-state index contributed by atoms with van der Waals surface area (Å²) >= 11 is 12.4. The molecule has 0 fully saturated rings. The normalized spacial score (nSPS) is 22.8. The van der Waals surface area contributed by atoms with Crippen LogP contribution in [0, 0.1) is 11.3 Å². The summed E-state index contributed by atoms with van der Waals surface area (Å²) in [5, 5.41) is 11.5. The van der Waals surface area contributed by atoms with Crippen molar-refractivity contribution >= 4 is 23.2 Å². The lowest BCUT2D eigenvalue weighted by Crippen LogP contribution is -2.41. The Balaban J connectivity index is 2.98. The number of aliphatic hydroxyl groups is 1. The van der Waals surface area contributed by atoms with E-state index in [0.29, 0.717) is 11.0 Å². The Morgan fingerprint density at radius 1 is 1.29 bits per heavy atom. The molecular weight excluding hydrogens is 305 g/mol. The fourth-order valence-electron chi connectivity index (χ4n) is 3.19. The van der Waals surface area contributed by atoms with Crippen molar-refractivity contribution in [1.82, 2.24) is 4.90 Å². The zero-order valence-electron chi connectivity index (χ0n) is 13.9. The minimum absolute atomic E-state index is 0.109. The van der Waals surface area contributed by atoms with Gasteiger partial charge in [-0.25, -0.2) is 0 Å². The molecule has 0 aliphatic heterocycles. The summed E-state index contributed by atoms with van der Waals surface area (Å²) in [5.74, 6) is 0.363. The molecule has 0 radical (unpaired) electrons. The second kappa shape index (κ2) is 7.50. The van der Waals surface area contributed by atoms with Crippen LogP contribution in [0.15, 0.2) is 22.2 Å². The molecule has 122 valence electrons. The lowest BCUT2D eigenvalue weighted by Gasteiger charge is -2.43. The van der Waals surface area contributed by atoms with Crippen LogP contribution in [0.4, 0.5) is 0 Å². The number of allylic oxidation sites excluding steroid dienone is 4. The van der Waals surface area contributed by atoms with E-state index in [1.165, 1.54) is 0 Å². The van der Waals surface area contributed by atoms with Gasteiger partial charge in [-0.15, -0.1) is 0 Å². The maximum atomic E-state index is 10.1. The van der Waals surface area contributed by atoms with Crippen LogP contribution in [-0.4, -0.2) is 36.2 Å². The highest BCUT2D eigenvalue weighted by Crippen LogP contribution is 2.45. The average Bonchev–Trinajstić information content (AvgIpc) is 2.36. The van der Waals surface area contributed by atoms with Gasteiger partial charge in [-0.3, -0.25) is 0 Å². The second-order valence-corrected chi connectivity index (χ2v) is 8.05. The Morgan fingerprint density at radius 3 is 2.33 bits per heavy atom. The highest BCUT2D eigenvalue weighted by molar-refractivity contribution is 6.40. The molecule has 0 spiro atoms. The van der Waals surface area contributed by atoms with E-state index in [1.807, 2.05) is 19.9 Å². The summed E-state index contributed by atoms with van der Waals surface area (Å²) in [4.78, 5) is 2.23. The lowest BCUT2D eigenvalue weighted by atomic mass is 9.66. The van der Waals surface area contributed by atoms with Crippen molar-refractivity contribution in [2.45, 2.75) is 52.1 Å². The largest absolute Gasteiger partial charge is 0.390 e. The van der Waals surface area contributed by atoms with Crippen LogP contribution in [-0.2, 0) is 0 Å². The fraction of sp³-hybridized carbons (Fsp3) is 0.765. The molecule has 0 bridgehead atoms. The highest BCUT2D eigenvalue weighted by Gasteiger charge is 2.38. The maximum absolute atomic E-state index is 10.1. The van der Waals surface area contributed by atoms with Crippen molar-refractivity contribution in [3.05, 3.63) is 22.2 Å². The summed E-state index contributed by atoms with van der Waals surface area (Å²) < 4.78 is 0. The molecule has 21 heavy (non-hydrogen) atoms. The predicted molar refractivity (Wildman–Crippen MR) is 92.8 cm³/mol. The van der Waals surface area contributed by atoms with E-state index in [9.17, 15) is 5.11 Å². The minimum atomic E-state index is -0.637. The van der Waals surface area contributed by atoms with E-state index in [4.69, 9.17) is 23.2 Å². The van der Waals surface area contributed by atoms with E-state index in [2.05, 4.69) is 32.0 Å². The summed E-state index contributed by atoms with van der Waals surface area (Å²) in [7, 11) is 4.21. The van der Waals surface area contributed by atoms with Crippen LogP contribution < -0.4 is 0 Å². The van der Waals surface area contributed by atoms with Crippen molar-refractivity contribution in [3.63, 3.8) is 0 Å². The van der Waals surface area contributed by atoms with Gasteiger partial charge in [-0.2, -0.15) is 0 Å². The third-order valence-electron chi connectivity index (χ3n) is 4.49. The third-order valence-corrected chi connectivity index (χ3v) is 5.30. The molecule has 2 nitrogen and oxygen atoms in total. The SMILES string of the molecule is CC[C@](CCC(C)(C)O)(CN(C)C)C1C=CC(Cl)=C(Cl)C1. The molecule has 0 aromatic heterocycles. The number of rotatable bonds is 7. The Labute approximate surface area is 139 Å². The van der Waals surface area contributed by atoms with Gasteiger partial charge in [0.25, 0.3) is 0 Å². The first-order valence-corrected chi connectivity index (χ1v) is 8.45. The molecule has 0 aromatic rings. The third kappa shape index (κ3) is 5.59. The first-order valence-electron chi connectivity index (χ1n) is 7.69. The van der Waals surface area contributed by atoms with Gasteiger partial charge in [-0.1, -0.05) is 36.2 Å². The predicted octanol–water partition coefficient (Wildman–Crippen LogP) is 4.76. The first kappa shape index (κ1) is 19.0. The fourth-order valence-corrected chi connectivity index (χ4v) is 3.57. The Hall–Kier alpha value is -0.0200. The molecule has 1 rings (SSSR count). The van der Waals surface area contributed by atoms with Gasteiger partial charge < -0.3 is 10.0 Å². The van der Waals surface area contributed by atoms with Crippen LogP contribution in [0.5, 0.6) is 0 Å². The Morgan fingerprint density at radius 2 is 1.90 bits per heavy atom. The average molecular weight is 334 g/mol. The molecule has 1 unspecified atom stereocenters. The van der Waals surface area contributed by atoms with Crippen LogP contribution in [0.3, 0.4) is 0 Å². The monoisotopic (exact) mass is 333 g/mol. The molecule has 0 saturated carbocycles. The van der Waals surface area contributed by atoms with E-state index >= 15 is 0 Å². The molecule has 1 aliphatic carbocycles. The molecule has 1 N–H and O–H groups in total. The standard InChI is InChI=1S/C17H29Cl2NO/c1-6-17(12-20(4)5,10-9-16(2,3)21)13-7-8-14(18)15(19)11-13/h7-8,13,21H,6,9-12H2,1-5H3/t13?,17-/m0/s1. The minimum Gasteiger partial charge on any atom is -0.390 e. The van der Waals surface area contributed by atoms with Gasteiger partial charge in [0.15, 0.2) is 0 Å². The van der Waals surface area contributed by atoms with Crippen LogP contribution in [0.2, 0.25) is 0 Å². The lowest BCUT2D eigenvalue weighted by molar-refractivity contribution is 0.0324. The number of hydrogen-bond donors (Lipinski definition) is 1. The molecule has 1 aliphatic rings. The van der Waals surface area contributed by atoms with Gasteiger partial charge in [0, 0.05) is 11.6 Å². The van der Waals surface area contributed by atoms with Crippen molar-refractivity contribution in [2.24, 2.45) is 11.3 Å². The van der Waals surface area contributed by atoms with Gasteiger partial charge in [0.2, 0.25) is 0 Å². The molecule has 0 aromatic carbocycles. The number of halogens is 2. The maximum Gasteiger partial charge on any atom is 0.0592 e. The Bertz CT molecular complexity index is 410. The molecule has 2 atom stereocenters. The quantitative estimate of drug-likeness (QED) is 0.725. The second-order valence-electron chi connectivity index (χ2n) is 7.19. The summed E-state index contributed by atoms with van der Waals surface area (Å²) in [5.41, 5.74) is -0.528. The molecular formula is C17H29Cl2NO. The van der Waals surface area contributed by atoms with Crippen molar-refractivity contribution in [2.75, 3.05) is 20.6 Å². The van der Waals surface area contributed by atoms with Crippen molar-refractivity contribution in [1.29, 1.82) is 0 Å². The van der Waals surface area contributed by atoms with Gasteiger partial charge in [0.05, 0.1) is 10.6 Å². The zero-order valence-corrected chi connectivity index (χ0v) is 15.4. The van der Waals surface area contributed by atoms with E-state index in [-0.39, 0.29) is 5.41 Å². The van der Waals surface area contributed by atoms with E-state index in [0.717, 1.165) is 37.3 Å². The van der Waals surface area contributed by atoms with E-state index < -0.39 is 5.60 Å². The van der Waals surface area contributed by atoms with Gasteiger partial charge in [0.1, 0.15) is 0 Å². The molecule has 0 saturated heterocycles. The summed E-state index contributed by atoms with van der Waals surface area (Å²) in [6.07, 6.45) is 7.74. The van der Waals surface area contributed by atoms with Crippen LogP contribution >= 0.6 is 23.2 Å². The summed E-state index contributed by atoms with van der Waals surface area (Å²) in [6.45, 7) is 6.97. The van der Waals surface area contributed by atoms with Crippen LogP contribution in [0.25, 0.3) is 0 Å². The molecule has 4 heteroatoms. The van der Waals surface area contributed by atoms with Gasteiger partial charge >= 0.3 is 0 Å². The number of hydrogen-bond acceptors (Lipinski definition) is 2. The molecule has 0 amide bonds.